The number of nitrogens with one attached hydrogen (secondary N) is 2. The van der Waals surface area contributed by atoms with Gasteiger partial charge in [0.1, 0.15) is 17.9 Å². The van der Waals surface area contributed by atoms with E-state index in [-0.39, 0.29) is 24.1 Å². The molecule has 0 aromatic heterocycles. The molecule has 36 heavy (non-hydrogen) atoms. The number of sulfone groups is 1. The Morgan fingerprint density at radius 3 is 2.19 bits per heavy atom. The summed E-state index contributed by atoms with van der Waals surface area (Å²) in [5, 5.41) is 2.87. The van der Waals surface area contributed by atoms with Crippen molar-refractivity contribution < 1.29 is 40.4 Å². The maximum Gasteiger partial charge on any atom is 0.409 e. The van der Waals surface area contributed by atoms with Crippen molar-refractivity contribution in [3.8, 4) is 0 Å². The second-order valence-electron chi connectivity index (χ2n) is 9.26. The lowest BCUT2D eigenvalue weighted by molar-refractivity contribution is -0.178. The van der Waals surface area contributed by atoms with Crippen LogP contribution in [0.3, 0.4) is 0 Å². The van der Waals surface area contributed by atoms with E-state index in [0.29, 0.717) is 17.9 Å². The minimum atomic E-state index is -4.98. The maximum atomic E-state index is 14.0. The van der Waals surface area contributed by atoms with Crippen LogP contribution in [0.2, 0.25) is 0 Å². The van der Waals surface area contributed by atoms with E-state index >= 15 is 0 Å². The Morgan fingerprint density at radius 2 is 1.69 bits per heavy atom. The molecule has 2 N–H and O–H groups in total. The topological polar surface area (TPSA) is 113 Å². The second kappa shape index (κ2) is 11.2. The number of carbonyl (C=O) groups excluding carboxylic acids is 3. The Hall–Kier alpha value is -2.54. The zero-order valence-electron chi connectivity index (χ0n) is 19.7. The van der Waals surface area contributed by atoms with Crippen molar-refractivity contribution >= 4 is 27.4 Å². The predicted molar refractivity (Wildman–Crippen MR) is 121 cm³/mol. The summed E-state index contributed by atoms with van der Waals surface area (Å²) in [7, 11) is -3.64. The highest BCUT2D eigenvalue weighted by Gasteiger charge is 2.45. The third kappa shape index (κ3) is 7.99. The van der Waals surface area contributed by atoms with Gasteiger partial charge >= 0.3 is 6.18 Å². The molecule has 2 saturated carbocycles. The fourth-order valence-corrected chi connectivity index (χ4v) is 5.38. The molecule has 0 radical (unpaired) electrons. The van der Waals surface area contributed by atoms with E-state index in [1.165, 1.54) is 6.92 Å². The van der Waals surface area contributed by atoms with Crippen LogP contribution in [0.5, 0.6) is 0 Å². The van der Waals surface area contributed by atoms with Crippen molar-refractivity contribution in [2.75, 3.05) is 11.5 Å². The van der Waals surface area contributed by atoms with Crippen LogP contribution in [-0.2, 0) is 24.2 Å². The third-order valence-corrected chi connectivity index (χ3v) is 7.82. The van der Waals surface area contributed by atoms with Gasteiger partial charge in [-0.2, -0.15) is 13.2 Å². The molecular weight excluding hydrogens is 506 g/mol. The summed E-state index contributed by atoms with van der Waals surface area (Å²) < 4.78 is 80.0. The normalized spacial score (nSPS) is 17.8. The highest BCUT2D eigenvalue weighted by Crippen LogP contribution is 2.34. The Kier molecular flexibility index (Phi) is 8.75. The molecular formula is C23H29F4N3O5S. The number of hydrogen-bond acceptors (Lipinski definition) is 6. The van der Waals surface area contributed by atoms with Crippen molar-refractivity contribution in [1.82, 2.24) is 15.8 Å². The average Bonchev–Trinajstić information content (AvgIpc) is 3.72. The Bertz CT molecular complexity index is 1070. The third-order valence-electron chi connectivity index (χ3n) is 6.02. The fourth-order valence-electron chi connectivity index (χ4n) is 3.68. The summed E-state index contributed by atoms with van der Waals surface area (Å²) in [6.45, 7) is 1.42. The number of Topliss-reactive ketones (excluding diaryl/α,β-unsaturated/α-hetero) is 1. The molecule has 200 valence electrons. The van der Waals surface area contributed by atoms with Gasteiger partial charge in [-0.1, -0.05) is 19.1 Å². The fraction of sp³-hybridized carbons (Fsp3) is 0.609. The molecule has 0 spiro atoms. The van der Waals surface area contributed by atoms with Gasteiger partial charge in [-0.15, -0.1) is 0 Å². The van der Waals surface area contributed by atoms with Crippen LogP contribution in [0.25, 0.3) is 0 Å². The first-order valence-corrected chi connectivity index (χ1v) is 13.6. The van der Waals surface area contributed by atoms with Crippen LogP contribution >= 0.6 is 0 Å². The number of carbonyl (C=O) groups is 3. The molecule has 2 aliphatic carbocycles. The Balaban J connectivity index is 1.87. The van der Waals surface area contributed by atoms with Crippen LogP contribution < -0.4 is 10.7 Å². The Morgan fingerprint density at radius 1 is 1.08 bits per heavy atom. The standard InChI is InChI=1S/C23H29F4N3O5S/c1-2-18(20(32)22(33)28-17-9-10-17)30(19(31)11-12-36(34,35)13-14-3-4-14)29-21(23(25,26)27)15-5-7-16(24)8-6-15/h5-8,14,17-18,21,29H,2-4,9-13H2,1H3,(H,28,33)/t18-,21-/m0/s1. The molecule has 3 rings (SSSR count). The van der Waals surface area contributed by atoms with Gasteiger partial charge in [-0.05, 0) is 55.7 Å². The molecule has 2 fully saturated rings. The highest BCUT2D eigenvalue weighted by atomic mass is 32.2. The molecule has 1 aromatic carbocycles. The summed E-state index contributed by atoms with van der Waals surface area (Å²) in [6, 6.07) is -0.954. The van der Waals surface area contributed by atoms with Gasteiger partial charge in [0.25, 0.3) is 5.91 Å². The number of benzene rings is 1. The van der Waals surface area contributed by atoms with E-state index in [1.54, 1.807) is 0 Å². The molecule has 0 unspecified atom stereocenters. The first kappa shape index (κ1) is 28.0. The summed E-state index contributed by atoms with van der Waals surface area (Å²) in [6.07, 6.45) is -3.02. The van der Waals surface area contributed by atoms with E-state index in [4.69, 9.17) is 0 Å². The van der Waals surface area contributed by atoms with Crippen LogP contribution in [0.15, 0.2) is 24.3 Å². The van der Waals surface area contributed by atoms with Gasteiger partial charge in [0, 0.05) is 12.5 Å². The lowest BCUT2D eigenvalue weighted by Crippen LogP contribution is -2.58. The minimum Gasteiger partial charge on any atom is -0.347 e. The lowest BCUT2D eigenvalue weighted by Gasteiger charge is -2.35. The van der Waals surface area contributed by atoms with Crippen molar-refractivity contribution in [2.24, 2.45) is 5.92 Å². The summed E-state index contributed by atoms with van der Waals surface area (Å²) in [5.41, 5.74) is 1.58. The molecule has 0 bridgehead atoms. The van der Waals surface area contributed by atoms with Crippen LogP contribution in [0, 0.1) is 11.7 Å². The average molecular weight is 536 g/mol. The summed E-state index contributed by atoms with van der Waals surface area (Å²) in [4.78, 5) is 38.3. The Labute approximate surface area is 206 Å². The molecule has 0 heterocycles. The van der Waals surface area contributed by atoms with Crippen LogP contribution in [0.4, 0.5) is 17.6 Å². The first-order chi connectivity index (χ1) is 16.8. The van der Waals surface area contributed by atoms with Crippen LogP contribution in [-0.4, -0.2) is 60.8 Å². The predicted octanol–water partition coefficient (Wildman–Crippen LogP) is 2.60. The van der Waals surface area contributed by atoms with Gasteiger partial charge in [-0.3, -0.25) is 19.4 Å². The van der Waals surface area contributed by atoms with Crippen molar-refractivity contribution in [1.29, 1.82) is 0 Å². The van der Waals surface area contributed by atoms with Gasteiger partial charge in [-0.25, -0.2) is 18.2 Å². The van der Waals surface area contributed by atoms with Crippen molar-refractivity contribution in [2.45, 2.75) is 69.8 Å². The zero-order chi connectivity index (χ0) is 26.7. The molecule has 2 atom stereocenters. The quantitative estimate of drug-likeness (QED) is 0.228. The number of hydrazine groups is 1. The lowest BCUT2D eigenvalue weighted by atomic mass is 10.1. The molecule has 0 aliphatic heterocycles. The maximum absolute atomic E-state index is 14.0. The van der Waals surface area contributed by atoms with Gasteiger partial charge in [0.2, 0.25) is 11.7 Å². The number of ketones is 1. The van der Waals surface area contributed by atoms with Gasteiger partial charge < -0.3 is 5.32 Å². The van der Waals surface area contributed by atoms with E-state index in [1.807, 2.05) is 5.43 Å². The van der Waals surface area contributed by atoms with E-state index in [2.05, 4.69) is 5.32 Å². The highest BCUT2D eigenvalue weighted by molar-refractivity contribution is 7.91. The number of nitrogens with zero attached hydrogens (tertiary/aromatic N) is 1. The molecule has 1 aromatic rings. The van der Waals surface area contributed by atoms with E-state index in [0.717, 1.165) is 37.1 Å². The van der Waals surface area contributed by atoms with Gasteiger partial charge in [0.05, 0.1) is 11.5 Å². The van der Waals surface area contributed by atoms with Crippen molar-refractivity contribution in [3.05, 3.63) is 35.6 Å². The summed E-state index contributed by atoms with van der Waals surface area (Å²) >= 11 is 0. The van der Waals surface area contributed by atoms with Gasteiger partial charge in [0.15, 0.2) is 9.84 Å². The monoisotopic (exact) mass is 535 g/mol. The molecule has 2 amide bonds. The SMILES string of the molecule is CC[C@@H](C(=O)C(=O)NC1CC1)N(N[C@@H](c1ccc(F)cc1)C(F)(F)F)C(=O)CCS(=O)(=O)CC1CC1. The minimum absolute atomic E-state index is 0.0171. The van der Waals surface area contributed by atoms with Crippen molar-refractivity contribution in [3.63, 3.8) is 0 Å². The first-order valence-electron chi connectivity index (χ1n) is 11.8. The second-order valence-corrected chi connectivity index (χ2v) is 11.5. The zero-order valence-corrected chi connectivity index (χ0v) is 20.5. The molecule has 0 saturated heterocycles. The number of rotatable bonds is 13. The largest absolute Gasteiger partial charge is 0.409 e. The molecule has 8 nitrogen and oxygen atoms in total. The number of halogens is 4. The van der Waals surface area contributed by atoms with E-state index < -0.39 is 69.2 Å². The molecule has 2 aliphatic rings. The smallest absolute Gasteiger partial charge is 0.347 e. The number of hydrogen-bond donors (Lipinski definition) is 2. The summed E-state index contributed by atoms with van der Waals surface area (Å²) in [5.74, 6) is -4.71. The molecule has 13 heteroatoms. The van der Waals surface area contributed by atoms with E-state index in [9.17, 15) is 40.4 Å². The number of alkyl halides is 3. The number of amides is 2. The van der Waals surface area contributed by atoms with Crippen LogP contribution in [0.1, 0.15) is 57.1 Å².